The highest BCUT2D eigenvalue weighted by Crippen LogP contribution is 2.24. The van der Waals surface area contributed by atoms with Gasteiger partial charge in [-0.2, -0.15) is 0 Å². The van der Waals surface area contributed by atoms with Crippen LogP contribution in [0.3, 0.4) is 0 Å². The van der Waals surface area contributed by atoms with Crippen molar-refractivity contribution in [1.82, 2.24) is 9.71 Å². The van der Waals surface area contributed by atoms with Crippen LogP contribution in [0.5, 0.6) is 0 Å². The quantitative estimate of drug-likeness (QED) is 0.575. The highest BCUT2D eigenvalue weighted by Gasteiger charge is 2.20. The molecule has 0 aromatic carbocycles. The third-order valence-electron chi connectivity index (χ3n) is 2.57. The van der Waals surface area contributed by atoms with Crippen molar-refractivity contribution in [3.05, 3.63) is 39.7 Å². The number of nitrogens with one attached hydrogen (secondary N) is 2. The van der Waals surface area contributed by atoms with Gasteiger partial charge in [-0.1, -0.05) is 17.7 Å². The number of hydrogen-bond acceptors (Lipinski definition) is 6. The van der Waals surface area contributed by atoms with E-state index in [0.29, 0.717) is 0 Å². The maximum atomic E-state index is 12.2. The van der Waals surface area contributed by atoms with Gasteiger partial charge in [0, 0.05) is 11.1 Å². The van der Waals surface area contributed by atoms with Crippen molar-refractivity contribution in [3.63, 3.8) is 0 Å². The van der Waals surface area contributed by atoms with E-state index in [1.807, 2.05) is 17.5 Å². The lowest BCUT2D eigenvalue weighted by atomic mass is 10.3. The number of thiophene rings is 1. The minimum absolute atomic E-state index is 0.00935. The zero-order chi connectivity index (χ0) is 14.8. The van der Waals surface area contributed by atoms with Crippen LogP contribution >= 0.6 is 22.9 Å². The van der Waals surface area contributed by atoms with E-state index in [2.05, 4.69) is 15.1 Å². The van der Waals surface area contributed by atoms with Crippen molar-refractivity contribution < 1.29 is 8.42 Å². The molecule has 0 amide bonds. The number of nitrogen functional groups attached to an aromatic ring is 1. The van der Waals surface area contributed by atoms with Crippen LogP contribution in [0.25, 0.3) is 0 Å². The van der Waals surface area contributed by atoms with E-state index in [1.54, 1.807) is 6.92 Å². The largest absolute Gasteiger partial charge is 0.307 e. The Labute approximate surface area is 126 Å². The molecule has 0 bridgehead atoms. The van der Waals surface area contributed by atoms with Crippen molar-refractivity contribution >= 4 is 38.8 Å². The molecule has 2 aromatic heterocycles. The fourth-order valence-electron chi connectivity index (χ4n) is 1.57. The zero-order valence-corrected chi connectivity index (χ0v) is 12.9. The van der Waals surface area contributed by atoms with Gasteiger partial charge in [0.25, 0.3) is 0 Å². The fraction of sp³-hybridized carbons (Fsp3) is 0.182. The van der Waals surface area contributed by atoms with Crippen LogP contribution in [0, 0.1) is 0 Å². The van der Waals surface area contributed by atoms with E-state index in [1.165, 1.54) is 23.6 Å². The highest BCUT2D eigenvalue weighted by atomic mass is 35.5. The van der Waals surface area contributed by atoms with Crippen LogP contribution in [-0.2, 0) is 10.0 Å². The number of hydrazine groups is 1. The molecular formula is C11H13ClN4O2S2. The Morgan fingerprint density at radius 2 is 2.25 bits per heavy atom. The minimum atomic E-state index is -3.69. The van der Waals surface area contributed by atoms with Gasteiger partial charge in [0.1, 0.15) is 4.90 Å². The minimum Gasteiger partial charge on any atom is -0.307 e. The van der Waals surface area contributed by atoms with Crippen molar-refractivity contribution in [3.8, 4) is 0 Å². The van der Waals surface area contributed by atoms with Gasteiger partial charge in [-0.3, -0.25) is 0 Å². The first-order valence-corrected chi connectivity index (χ1v) is 8.36. The van der Waals surface area contributed by atoms with Gasteiger partial charge in [-0.25, -0.2) is 24.0 Å². The Morgan fingerprint density at radius 1 is 1.50 bits per heavy atom. The summed E-state index contributed by atoms with van der Waals surface area (Å²) in [5, 5.41) is 2.03. The number of rotatable bonds is 5. The second kappa shape index (κ2) is 6.06. The van der Waals surface area contributed by atoms with Gasteiger partial charge in [0.15, 0.2) is 5.82 Å². The van der Waals surface area contributed by atoms with Crippen LogP contribution in [0.4, 0.5) is 5.82 Å². The number of hydrogen-bond donors (Lipinski definition) is 3. The molecular weight excluding hydrogens is 320 g/mol. The highest BCUT2D eigenvalue weighted by molar-refractivity contribution is 7.89. The maximum absolute atomic E-state index is 12.2. The summed E-state index contributed by atoms with van der Waals surface area (Å²) in [5.74, 6) is 5.41. The lowest BCUT2D eigenvalue weighted by molar-refractivity contribution is 0.568. The SMILES string of the molecule is CC(NS(=O)(=O)c1cnc(NN)c(Cl)c1)c1cccs1. The summed E-state index contributed by atoms with van der Waals surface area (Å²) >= 11 is 7.36. The van der Waals surface area contributed by atoms with Crippen LogP contribution in [-0.4, -0.2) is 13.4 Å². The number of halogens is 1. The third-order valence-corrected chi connectivity index (χ3v) is 5.42. The van der Waals surface area contributed by atoms with Crippen molar-refractivity contribution in [2.75, 3.05) is 5.43 Å². The predicted molar refractivity (Wildman–Crippen MR) is 80.1 cm³/mol. The van der Waals surface area contributed by atoms with E-state index >= 15 is 0 Å². The number of aromatic nitrogens is 1. The molecule has 0 saturated carbocycles. The smallest absolute Gasteiger partial charge is 0.242 e. The van der Waals surface area contributed by atoms with Crippen LogP contribution in [0.2, 0.25) is 5.02 Å². The Kier molecular flexibility index (Phi) is 4.61. The topological polar surface area (TPSA) is 97.1 Å². The first-order chi connectivity index (χ1) is 9.44. The normalized spacial score (nSPS) is 13.2. The molecule has 0 aliphatic heterocycles. The summed E-state index contributed by atoms with van der Waals surface area (Å²) in [6.07, 6.45) is 1.20. The zero-order valence-electron chi connectivity index (χ0n) is 10.5. The molecule has 0 radical (unpaired) electrons. The number of nitrogens with zero attached hydrogens (tertiary/aromatic N) is 1. The third kappa shape index (κ3) is 3.28. The monoisotopic (exact) mass is 332 g/mol. The second-order valence-corrected chi connectivity index (χ2v) is 7.10. The van der Waals surface area contributed by atoms with Gasteiger partial charge in [0.05, 0.1) is 11.1 Å². The molecule has 0 aliphatic rings. The summed E-state index contributed by atoms with van der Waals surface area (Å²) < 4.78 is 27.0. The van der Waals surface area contributed by atoms with Gasteiger partial charge >= 0.3 is 0 Å². The second-order valence-electron chi connectivity index (χ2n) is 4.00. The number of pyridine rings is 1. The Hall–Kier alpha value is -1.19. The summed E-state index contributed by atoms with van der Waals surface area (Å²) in [6.45, 7) is 1.77. The van der Waals surface area contributed by atoms with Gasteiger partial charge in [-0.15, -0.1) is 11.3 Å². The van der Waals surface area contributed by atoms with Crippen LogP contribution in [0.1, 0.15) is 17.8 Å². The Balaban J connectivity index is 2.24. The molecule has 2 aromatic rings. The summed E-state index contributed by atoms with van der Waals surface area (Å²) in [7, 11) is -3.69. The van der Waals surface area contributed by atoms with Gasteiger partial charge < -0.3 is 5.43 Å². The number of sulfonamides is 1. The van der Waals surface area contributed by atoms with E-state index in [4.69, 9.17) is 17.4 Å². The number of nitrogens with two attached hydrogens (primary N) is 1. The first kappa shape index (κ1) is 15.2. The van der Waals surface area contributed by atoms with Crippen LogP contribution in [0.15, 0.2) is 34.7 Å². The molecule has 1 unspecified atom stereocenters. The lowest BCUT2D eigenvalue weighted by Crippen LogP contribution is -2.26. The molecule has 108 valence electrons. The van der Waals surface area contributed by atoms with E-state index in [9.17, 15) is 8.42 Å². The molecule has 0 aliphatic carbocycles. The molecule has 2 rings (SSSR count). The molecule has 1 atom stereocenters. The molecule has 0 spiro atoms. The van der Waals surface area contributed by atoms with E-state index in [0.717, 1.165) is 4.88 Å². The molecule has 0 fully saturated rings. The van der Waals surface area contributed by atoms with Gasteiger partial charge in [0.2, 0.25) is 10.0 Å². The molecule has 9 heteroatoms. The Morgan fingerprint density at radius 3 is 2.80 bits per heavy atom. The van der Waals surface area contributed by atoms with Crippen molar-refractivity contribution in [1.29, 1.82) is 0 Å². The molecule has 4 N–H and O–H groups in total. The molecule has 20 heavy (non-hydrogen) atoms. The van der Waals surface area contributed by atoms with E-state index < -0.39 is 10.0 Å². The van der Waals surface area contributed by atoms with Gasteiger partial charge in [-0.05, 0) is 24.4 Å². The lowest BCUT2D eigenvalue weighted by Gasteiger charge is -2.13. The Bertz CT molecular complexity index is 688. The number of anilines is 1. The van der Waals surface area contributed by atoms with Crippen LogP contribution < -0.4 is 16.0 Å². The first-order valence-electron chi connectivity index (χ1n) is 5.62. The maximum Gasteiger partial charge on any atom is 0.242 e. The van der Waals surface area contributed by atoms with Crippen molar-refractivity contribution in [2.45, 2.75) is 17.9 Å². The van der Waals surface area contributed by atoms with Crippen molar-refractivity contribution in [2.24, 2.45) is 5.84 Å². The average molecular weight is 333 g/mol. The summed E-state index contributed by atoms with van der Waals surface area (Å²) in [6, 6.07) is 4.70. The average Bonchev–Trinajstić information content (AvgIpc) is 2.92. The fourth-order valence-corrected chi connectivity index (χ4v) is 3.86. The molecule has 6 nitrogen and oxygen atoms in total. The summed E-state index contributed by atoms with van der Waals surface area (Å²) in [4.78, 5) is 4.76. The molecule has 2 heterocycles. The standard InChI is InChI=1S/C11H13ClN4O2S2/c1-7(10-3-2-4-19-10)16-20(17,18)8-5-9(12)11(15-13)14-6-8/h2-7,16H,13H2,1H3,(H,14,15). The summed E-state index contributed by atoms with van der Waals surface area (Å²) in [5.41, 5.74) is 2.28. The molecule has 0 saturated heterocycles. The predicted octanol–water partition coefficient (Wildman–Crippen LogP) is 2.12. The van der Waals surface area contributed by atoms with E-state index in [-0.39, 0.29) is 21.8 Å².